The van der Waals surface area contributed by atoms with Crippen LogP contribution in [-0.2, 0) is 10.0 Å². The van der Waals surface area contributed by atoms with Gasteiger partial charge in [-0.05, 0) is 30.9 Å². The molecule has 1 aromatic carbocycles. The topological polar surface area (TPSA) is 111 Å². The molecule has 2 heterocycles. The van der Waals surface area contributed by atoms with Gasteiger partial charge in [0, 0.05) is 13.1 Å². The smallest absolute Gasteiger partial charge is 0.317 e. The van der Waals surface area contributed by atoms with Crippen molar-refractivity contribution in [2.24, 2.45) is 11.1 Å². The lowest BCUT2D eigenvalue weighted by Gasteiger charge is -2.32. The Morgan fingerprint density at radius 1 is 1.24 bits per heavy atom. The number of carbonyl (C=O) groups excluding carboxylic acids is 1. The van der Waals surface area contributed by atoms with E-state index in [0.717, 1.165) is 0 Å². The second kappa shape index (κ2) is 7.49. The molecule has 3 N–H and O–H groups in total. The molecule has 1 saturated heterocycles. The van der Waals surface area contributed by atoms with Crippen LogP contribution in [0, 0.1) is 5.92 Å². The van der Waals surface area contributed by atoms with E-state index < -0.39 is 10.0 Å². The van der Waals surface area contributed by atoms with Crippen molar-refractivity contribution in [3.8, 4) is 11.5 Å². The summed E-state index contributed by atoms with van der Waals surface area (Å²) in [6.45, 7) is 1.78. The number of nitrogens with one attached hydrogen (secondary N) is 1. The van der Waals surface area contributed by atoms with Gasteiger partial charge in [-0.2, -0.15) is 0 Å². The number of fused-ring (bicyclic) bond motifs is 1. The van der Waals surface area contributed by atoms with E-state index in [1.165, 1.54) is 0 Å². The first-order valence-electron chi connectivity index (χ1n) is 8.32. The third kappa shape index (κ3) is 4.99. The summed E-state index contributed by atoms with van der Waals surface area (Å²) in [6.07, 6.45) is 1.04. The monoisotopic (exact) mass is 369 g/mol. The third-order valence-electron chi connectivity index (χ3n) is 4.42. The van der Waals surface area contributed by atoms with E-state index in [-0.39, 0.29) is 23.8 Å². The SMILES string of the molecule is NS(=O)(=O)CC1CCN(C(=O)NCC2COc3ccccc3O2)CC1. The Labute approximate surface area is 147 Å². The molecule has 1 aromatic rings. The number of benzene rings is 1. The molecule has 2 aliphatic heterocycles. The first-order chi connectivity index (χ1) is 11.9. The highest BCUT2D eigenvalue weighted by Crippen LogP contribution is 2.30. The van der Waals surface area contributed by atoms with Gasteiger partial charge in [0.25, 0.3) is 0 Å². The zero-order valence-electron chi connectivity index (χ0n) is 13.9. The van der Waals surface area contributed by atoms with E-state index in [1.807, 2.05) is 24.3 Å². The minimum atomic E-state index is -3.46. The van der Waals surface area contributed by atoms with Crippen LogP contribution in [0.25, 0.3) is 0 Å². The molecule has 138 valence electrons. The molecule has 0 aromatic heterocycles. The van der Waals surface area contributed by atoms with Gasteiger partial charge in [-0.1, -0.05) is 12.1 Å². The van der Waals surface area contributed by atoms with Crippen molar-refractivity contribution in [2.75, 3.05) is 32.0 Å². The predicted octanol–water partition coefficient (Wildman–Crippen LogP) is 0.537. The van der Waals surface area contributed by atoms with Crippen LogP contribution in [0.3, 0.4) is 0 Å². The molecule has 0 aliphatic carbocycles. The zero-order chi connectivity index (χ0) is 17.9. The van der Waals surface area contributed by atoms with Crippen LogP contribution < -0.4 is 19.9 Å². The molecular weight excluding hydrogens is 346 g/mol. The molecule has 0 spiro atoms. The van der Waals surface area contributed by atoms with Gasteiger partial charge >= 0.3 is 6.03 Å². The van der Waals surface area contributed by atoms with Crippen LogP contribution in [0.2, 0.25) is 0 Å². The van der Waals surface area contributed by atoms with Crippen LogP contribution in [0.15, 0.2) is 24.3 Å². The van der Waals surface area contributed by atoms with Crippen LogP contribution in [-0.4, -0.2) is 57.4 Å². The number of urea groups is 1. The Morgan fingerprint density at radius 2 is 1.92 bits per heavy atom. The lowest BCUT2D eigenvalue weighted by molar-refractivity contribution is 0.0893. The molecule has 0 radical (unpaired) electrons. The van der Waals surface area contributed by atoms with Gasteiger partial charge in [-0.25, -0.2) is 18.4 Å². The molecular formula is C16H23N3O5S. The van der Waals surface area contributed by atoms with Crippen molar-refractivity contribution < 1.29 is 22.7 Å². The normalized spacial score (nSPS) is 21.0. The van der Waals surface area contributed by atoms with Gasteiger partial charge < -0.3 is 19.7 Å². The van der Waals surface area contributed by atoms with Gasteiger partial charge in [0.15, 0.2) is 17.6 Å². The number of hydrogen-bond donors (Lipinski definition) is 2. The van der Waals surface area contributed by atoms with Gasteiger partial charge in [-0.15, -0.1) is 0 Å². The average Bonchev–Trinajstić information content (AvgIpc) is 2.59. The number of para-hydroxylation sites is 2. The van der Waals surface area contributed by atoms with Crippen molar-refractivity contribution in [1.82, 2.24) is 10.2 Å². The van der Waals surface area contributed by atoms with Gasteiger partial charge in [-0.3, -0.25) is 0 Å². The van der Waals surface area contributed by atoms with E-state index in [9.17, 15) is 13.2 Å². The Bertz CT molecular complexity index is 716. The van der Waals surface area contributed by atoms with Crippen LogP contribution in [0.4, 0.5) is 4.79 Å². The van der Waals surface area contributed by atoms with Gasteiger partial charge in [0.05, 0.1) is 12.3 Å². The predicted molar refractivity (Wildman–Crippen MR) is 92.0 cm³/mol. The standard InChI is InChI=1S/C16H23N3O5S/c17-25(21,22)11-12-5-7-19(8-6-12)16(20)18-9-13-10-23-14-3-1-2-4-15(14)24-13/h1-4,12-13H,5-11H2,(H,18,20)(H2,17,21,22). The molecule has 1 fully saturated rings. The Balaban J connectivity index is 1.42. The number of amides is 2. The van der Waals surface area contributed by atoms with Crippen molar-refractivity contribution in [3.05, 3.63) is 24.3 Å². The second-order valence-electron chi connectivity index (χ2n) is 6.44. The van der Waals surface area contributed by atoms with E-state index in [2.05, 4.69) is 5.32 Å². The molecule has 2 aliphatic rings. The number of likely N-dealkylation sites (tertiary alicyclic amines) is 1. The number of nitrogens with two attached hydrogens (primary N) is 1. The number of piperidine rings is 1. The molecule has 8 nitrogen and oxygen atoms in total. The second-order valence-corrected chi connectivity index (χ2v) is 8.10. The number of carbonyl (C=O) groups is 1. The highest BCUT2D eigenvalue weighted by Gasteiger charge is 2.26. The zero-order valence-corrected chi connectivity index (χ0v) is 14.7. The molecule has 9 heteroatoms. The highest BCUT2D eigenvalue weighted by atomic mass is 32.2. The summed E-state index contributed by atoms with van der Waals surface area (Å²) in [7, 11) is -3.46. The molecule has 3 rings (SSSR count). The fraction of sp³-hybridized carbons (Fsp3) is 0.562. The van der Waals surface area contributed by atoms with Gasteiger partial charge in [0.1, 0.15) is 6.61 Å². The maximum atomic E-state index is 12.3. The summed E-state index contributed by atoms with van der Waals surface area (Å²) in [5, 5.41) is 7.93. The lowest BCUT2D eigenvalue weighted by Crippen LogP contribution is -2.49. The Hall–Kier alpha value is -2.00. The van der Waals surface area contributed by atoms with Crippen LogP contribution in [0.1, 0.15) is 12.8 Å². The summed E-state index contributed by atoms with van der Waals surface area (Å²) in [4.78, 5) is 13.9. The number of rotatable bonds is 4. The number of ether oxygens (including phenoxy) is 2. The fourth-order valence-electron chi connectivity index (χ4n) is 3.11. The quantitative estimate of drug-likeness (QED) is 0.805. The Kier molecular flexibility index (Phi) is 5.33. The number of sulfonamides is 1. The Morgan fingerprint density at radius 3 is 2.60 bits per heavy atom. The summed E-state index contributed by atoms with van der Waals surface area (Å²) in [6, 6.07) is 7.25. The highest BCUT2D eigenvalue weighted by molar-refractivity contribution is 7.89. The first kappa shape index (κ1) is 17.8. The fourth-order valence-corrected chi connectivity index (χ4v) is 4.10. The molecule has 0 bridgehead atoms. The minimum Gasteiger partial charge on any atom is -0.486 e. The summed E-state index contributed by atoms with van der Waals surface area (Å²) in [5.74, 6) is 1.39. The van der Waals surface area contributed by atoms with Gasteiger partial charge in [0.2, 0.25) is 10.0 Å². The van der Waals surface area contributed by atoms with E-state index in [1.54, 1.807) is 4.90 Å². The number of nitrogens with zero attached hydrogens (tertiary/aromatic N) is 1. The largest absolute Gasteiger partial charge is 0.486 e. The lowest BCUT2D eigenvalue weighted by atomic mass is 9.99. The number of hydrogen-bond acceptors (Lipinski definition) is 5. The summed E-state index contributed by atoms with van der Waals surface area (Å²) in [5.41, 5.74) is 0. The van der Waals surface area contributed by atoms with Crippen molar-refractivity contribution in [1.29, 1.82) is 0 Å². The van der Waals surface area contributed by atoms with Crippen molar-refractivity contribution in [2.45, 2.75) is 18.9 Å². The third-order valence-corrected chi connectivity index (χ3v) is 5.35. The molecule has 1 unspecified atom stereocenters. The maximum absolute atomic E-state index is 12.3. The maximum Gasteiger partial charge on any atom is 0.317 e. The molecule has 2 amide bonds. The molecule has 25 heavy (non-hydrogen) atoms. The number of primary sulfonamides is 1. The van der Waals surface area contributed by atoms with E-state index in [0.29, 0.717) is 50.6 Å². The average molecular weight is 369 g/mol. The summed E-state index contributed by atoms with van der Waals surface area (Å²) >= 11 is 0. The van der Waals surface area contributed by atoms with Crippen LogP contribution in [0.5, 0.6) is 11.5 Å². The minimum absolute atomic E-state index is 0.0187. The van der Waals surface area contributed by atoms with E-state index in [4.69, 9.17) is 14.6 Å². The van der Waals surface area contributed by atoms with Crippen molar-refractivity contribution >= 4 is 16.1 Å². The molecule has 1 atom stereocenters. The summed E-state index contributed by atoms with van der Waals surface area (Å²) < 4.78 is 33.7. The first-order valence-corrected chi connectivity index (χ1v) is 10.0. The van der Waals surface area contributed by atoms with Crippen molar-refractivity contribution in [3.63, 3.8) is 0 Å². The van der Waals surface area contributed by atoms with E-state index >= 15 is 0 Å². The molecule has 0 saturated carbocycles. The van der Waals surface area contributed by atoms with Crippen LogP contribution >= 0.6 is 0 Å².